The summed E-state index contributed by atoms with van der Waals surface area (Å²) in [4.78, 5) is 12.2. The molecule has 1 saturated heterocycles. The van der Waals surface area contributed by atoms with Crippen molar-refractivity contribution in [2.24, 2.45) is 0 Å². The van der Waals surface area contributed by atoms with Gasteiger partial charge in [0.25, 0.3) is 0 Å². The quantitative estimate of drug-likeness (QED) is 0.867. The van der Waals surface area contributed by atoms with E-state index in [2.05, 4.69) is 16.5 Å². The minimum atomic E-state index is -0.00811. The maximum Gasteiger partial charge on any atom is 0.238 e. The molecule has 0 radical (unpaired) electrons. The highest BCUT2D eigenvalue weighted by Gasteiger charge is 2.27. The van der Waals surface area contributed by atoms with Gasteiger partial charge in [0.1, 0.15) is 0 Å². The molecule has 1 atom stereocenters. The second kappa shape index (κ2) is 7.17. The minimum Gasteiger partial charge on any atom is -0.351 e. The van der Waals surface area contributed by atoms with Crippen LogP contribution in [0.4, 0.5) is 0 Å². The van der Waals surface area contributed by atoms with Gasteiger partial charge < -0.3 is 5.32 Å². The molecule has 1 aromatic rings. The maximum absolute atomic E-state index is 12.2. The van der Waals surface area contributed by atoms with E-state index in [1.165, 1.54) is 0 Å². The van der Waals surface area contributed by atoms with Crippen LogP contribution in [0.3, 0.4) is 0 Å². The van der Waals surface area contributed by atoms with Crippen LogP contribution in [0.5, 0.6) is 0 Å². The molecule has 1 aliphatic heterocycles. The molecular weight excluding hydrogens is 280 g/mol. The first-order valence-electron chi connectivity index (χ1n) is 6.63. The first-order chi connectivity index (χ1) is 9.22. The number of carbonyl (C=O) groups is 1. The third-order valence-corrected chi connectivity index (χ3v) is 4.94. The Morgan fingerprint density at radius 1 is 1.53 bits per heavy atom. The highest BCUT2D eigenvalue weighted by Crippen LogP contribution is 2.25. The lowest BCUT2D eigenvalue weighted by atomic mass is 10.1. The van der Waals surface area contributed by atoms with E-state index in [1.807, 2.05) is 24.3 Å². The molecule has 19 heavy (non-hydrogen) atoms. The van der Waals surface area contributed by atoms with E-state index in [9.17, 15) is 4.79 Å². The fourth-order valence-corrected chi connectivity index (χ4v) is 3.50. The zero-order valence-electron chi connectivity index (χ0n) is 11.1. The average Bonchev–Trinajstić information content (AvgIpc) is 2.46. The van der Waals surface area contributed by atoms with Crippen LogP contribution in [0.2, 0.25) is 5.02 Å². The van der Waals surface area contributed by atoms with Gasteiger partial charge in [-0.3, -0.25) is 4.79 Å². The van der Waals surface area contributed by atoms with Crippen LogP contribution in [0, 0.1) is 0 Å². The molecule has 1 N–H and O–H groups in total. The van der Waals surface area contributed by atoms with E-state index in [4.69, 9.17) is 11.6 Å². The van der Waals surface area contributed by atoms with Crippen LogP contribution >= 0.6 is 23.5 Å². The SMILES string of the molecule is CCN1SCCCC1C(=O)NCc1ccccc1Cl. The molecule has 0 aromatic heterocycles. The smallest absolute Gasteiger partial charge is 0.238 e. The molecule has 1 unspecified atom stereocenters. The highest BCUT2D eigenvalue weighted by atomic mass is 35.5. The zero-order chi connectivity index (χ0) is 13.7. The van der Waals surface area contributed by atoms with E-state index >= 15 is 0 Å². The molecule has 1 aliphatic rings. The van der Waals surface area contributed by atoms with Crippen molar-refractivity contribution in [3.05, 3.63) is 34.9 Å². The van der Waals surface area contributed by atoms with Gasteiger partial charge in [-0.25, -0.2) is 4.31 Å². The number of nitrogens with zero attached hydrogens (tertiary/aromatic N) is 1. The Labute approximate surface area is 123 Å². The number of hydrogen-bond donors (Lipinski definition) is 1. The number of hydrogen-bond acceptors (Lipinski definition) is 3. The lowest BCUT2D eigenvalue weighted by Crippen LogP contribution is -2.45. The van der Waals surface area contributed by atoms with Crippen molar-refractivity contribution in [3.8, 4) is 0 Å². The van der Waals surface area contributed by atoms with Crippen LogP contribution in [0.25, 0.3) is 0 Å². The number of nitrogens with one attached hydrogen (secondary N) is 1. The van der Waals surface area contributed by atoms with Gasteiger partial charge in [-0.05, 0) is 24.5 Å². The summed E-state index contributed by atoms with van der Waals surface area (Å²) in [6.07, 6.45) is 2.04. The largest absolute Gasteiger partial charge is 0.351 e. The highest BCUT2D eigenvalue weighted by molar-refractivity contribution is 7.97. The van der Waals surface area contributed by atoms with E-state index in [0.29, 0.717) is 11.6 Å². The summed E-state index contributed by atoms with van der Waals surface area (Å²) in [7, 11) is 0. The molecule has 3 nitrogen and oxygen atoms in total. The van der Waals surface area contributed by atoms with Gasteiger partial charge in [0, 0.05) is 23.9 Å². The van der Waals surface area contributed by atoms with Gasteiger partial charge in [0.2, 0.25) is 5.91 Å². The summed E-state index contributed by atoms with van der Waals surface area (Å²) in [5.74, 6) is 1.22. The molecule has 104 valence electrons. The maximum atomic E-state index is 12.2. The lowest BCUT2D eigenvalue weighted by molar-refractivity contribution is -0.125. The topological polar surface area (TPSA) is 32.3 Å². The van der Waals surface area contributed by atoms with Gasteiger partial charge in [-0.1, -0.05) is 48.7 Å². The summed E-state index contributed by atoms with van der Waals surface area (Å²) in [5.41, 5.74) is 0.962. The molecule has 1 aromatic carbocycles. The zero-order valence-corrected chi connectivity index (χ0v) is 12.6. The lowest BCUT2D eigenvalue weighted by Gasteiger charge is -2.32. The van der Waals surface area contributed by atoms with Crippen molar-refractivity contribution >= 4 is 29.5 Å². The van der Waals surface area contributed by atoms with Crippen molar-refractivity contribution in [1.29, 1.82) is 0 Å². The van der Waals surface area contributed by atoms with E-state index < -0.39 is 0 Å². The molecule has 0 spiro atoms. The standard InChI is InChI=1S/C14H19ClN2OS/c1-2-17-13(8-5-9-19-17)14(18)16-10-11-6-3-4-7-12(11)15/h3-4,6-7,13H,2,5,8-10H2,1H3,(H,16,18). The number of carbonyl (C=O) groups excluding carboxylic acids is 1. The first kappa shape index (κ1) is 14.7. The van der Waals surface area contributed by atoms with E-state index in [-0.39, 0.29) is 11.9 Å². The van der Waals surface area contributed by atoms with Crippen molar-refractivity contribution in [3.63, 3.8) is 0 Å². The second-order valence-electron chi connectivity index (χ2n) is 4.53. The summed E-state index contributed by atoms with van der Waals surface area (Å²) >= 11 is 7.85. The third-order valence-electron chi connectivity index (χ3n) is 3.25. The molecule has 1 heterocycles. The monoisotopic (exact) mass is 298 g/mol. The van der Waals surface area contributed by atoms with E-state index in [1.54, 1.807) is 11.9 Å². The molecule has 1 amide bonds. The van der Waals surface area contributed by atoms with Crippen molar-refractivity contribution < 1.29 is 4.79 Å². The van der Waals surface area contributed by atoms with Crippen molar-refractivity contribution in [2.75, 3.05) is 12.3 Å². The summed E-state index contributed by atoms with van der Waals surface area (Å²) in [6.45, 7) is 3.48. The van der Waals surface area contributed by atoms with Crippen LogP contribution in [-0.2, 0) is 11.3 Å². The summed E-state index contributed by atoms with van der Waals surface area (Å²) in [6, 6.07) is 7.60. The number of benzene rings is 1. The van der Waals surface area contributed by atoms with Gasteiger partial charge >= 0.3 is 0 Å². The Kier molecular flexibility index (Phi) is 5.55. The van der Waals surface area contributed by atoms with E-state index in [0.717, 1.165) is 30.7 Å². The van der Waals surface area contributed by atoms with Gasteiger partial charge in [0.05, 0.1) is 6.04 Å². The molecule has 2 rings (SSSR count). The molecule has 0 bridgehead atoms. The predicted octanol–water partition coefficient (Wildman–Crippen LogP) is 3.09. The number of halogens is 1. The third kappa shape index (κ3) is 3.88. The molecule has 5 heteroatoms. The molecule has 0 aliphatic carbocycles. The van der Waals surface area contributed by atoms with Gasteiger partial charge in [0.15, 0.2) is 0 Å². The number of rotatable bonds is 4. The fourth-order valence-electron chi connectivity index (χ4n) is 2.21. The normalized spacial score (nSPS) is 20.2. The number of amides is 1. The molecule has 0 saturated carbocycles. The summed E-state index contributed by atoms with van der Waals surface area (Å²) in [5, 5.41) is 3.70. The van der Waals surface area contributed by atoms with Crippen molar-refractivity contribution in [2.45, 2.75) is 32.4 Å². The van der Waals surface area contributed by atoms with Crippen LogP contribution in [0.15, 0.2) is 24.3 Å². The van der Waals surface area contributed by atoms with Crippen LogP contribution in [0.1, 0.15) is 25.3 Å². The second-order valence-corrected chi connectivity index (χ2v) is 6.08. The Bertz CT molecular complexity index is 441. The van der Waals surface area contributed by atoms with Gasteiger partial charge in [-0.2, -0.15) is 0 Å². The van der Waals surface area contributed by atoms with Crippen molar-refractivity contribution in [1.82, 2.24) is 9.62 Å². The number of likely N-dealkylation sites (N-methyl/N-ethyl adjacent to an activating group) is 1. The molecular formula is C14H19ClN2OS. The van der Waals surface area contributed by atoms with Gasteiger partial charge in [-0.15, -0.1) is 0 Å². The van der Waals surface area contributed by atoms with Crippen LogP contribution < -0.4 is 5.32 Å². The summed E-state index contributed by atoms with van der Waals surface area (Å²) < 4.78 is 2.17. The average molecular weight is 299 g/mol. The first-order valence-corrected chi connectivity index (χ1v) is 7.95. The Morgan fingerprint density at radius 2 is 2.32 bits per heavy atom. The van der Waals surface area contributed by atoms with Crippen LogP contribution in [-0.4, -0.2) is 28.6 Å². The Morgan fingerprint density at radius 3 is 3.05 bits per heavy atom. The Hall–Kier alpha value is -0.710. The Balaban J connectivity index is 1.92. The fraction of sp³-hybridized carbons (Fsp3) is 0.500. The minimum absolute atomic E-state index is 0.00811. The molecule has 1 fully saturated rings. The predicted molar refractivity (Wildman–Crippen MR) is 81.2 cm³/mol.